The van der Waals surface area contributed by atoms with Crippen molar-refractivity contribution in [3.8, 4) is 0 Å². The fourth-order valence-corrected chi connectivity index (χ4v) is 2.17. The van der Waals surface area contributed by atoms with Gasteiger partial charge in [-0.1, -0.05) is 24.6 Å². The summed E-state index contributed by atoms with van der Waals surface area (Å²) < 4.78 is 0. The highest BCUT2D eigenvalue weighted by Crippen LogP contribution is 2.26. The molecule has 0 atom stereocenters. The van der Waals surface area contributed by atoms with E-state index in [0.717, 1.165) is 41.6 Å². The second kappa shape index (κ2) is 6.57. The topological polar surface area (TPSA) is 49.8 Å². The van der Waals surface area contributed by atoms with E-state index in [4.69, 9.17) is 11.6 Å². The van der Waals surface area contributed by atoms with Crippen molar-refractivity contribution in [1.29, 1.82) is 0 Å². The van der Waals surface area contributed by atoms with Crippen LogP contribution < -0.4 is 10.6 Å². The normalized spacial score (nSPS) is 10.4. The lowest BCUT2D eigenvalue weighted by molar-refractivity contribution is 0.838. The van der Waals surface area contributed by atoms with Crippen LogP contribution >= 0.6 is 11.6 Å². The first-order chi connectivity index (χ1) is 9.62. The largest absolute Gasteiger partial charge is 0.373 e. The Hall–Kier alpha value is -1.81. The minimum absolute atomic E-state index is 0.687. The monoisotopic (exact) mass is 290 g/mol. The Labute approximate surface area is 124 Å². The van der Waals surface area contributed by atoms with E-state index in [9.17, 15) is 0 Å². The van der Waals surface area contributed by atoms with Gasteiger partial charge in [-0.05, 0) is 31.0 Å². The molecular weight excluding hydrogens is 272 g/mol. The summed E-state index contributed by atoms with van der Waals surface area (Å²) in [5.74, 6) is 2.37. The molecule has 0 aliphatic heterocycles. The second-order valence-electron chi connectivity index (χ2n) is 4.66. The summed E-state index contributed by atoms with van der Waals surface area (Å²) in [5, 5.41) is 6.99. The number of nitrogens with zero attached hydrogens (tertiary/aromatic N) is 2. The smallest absolute Gasteiger partial charge is 0.136 e. The van der Waals surface area contributed by atoms with Crippen molar-refractivity contribution in [1.82, 2.24) is 9.97 Å². The molecule has 0 radical (unpaired) electrons. The summed E-state index contributed by atoms with van der Waals surface area (Å²) >= 11 is 6.23. The van der Waals surface area contributed by atoms with E-state index in [1.54, 1.807) is 0 Å². The summed E-state index contributed by atoms with van der Waals surface area (Å²) in [5.41, 5.74) is 1.98. The van der Waals surface area contributed by atoms with Crippen LogP contribution in [0, 0.1) is 6.92 Å². The maximum absolute atomic E-state index is 6.23. The van der Waals surface area contributed by atoms with Gasteiger partial charge in [-0.3, -0.25) is 0 Å². The molecule has 0 saturated heterocycles. The molecule has 0 bridgehead atoms. The van der Waals surface area contributed by atoms with E-state index >= 15 is 0 Å². The van der Waals surface area contributed by atoms with Gasteiger partial charge in [0.1, 0.15) is 17.5 Å². The van der Waals surface area contributed by atoms with Gasteiger partial charge in [0, 0.05) is 19.5 Å². The molecule has 2 rings (SSSR count). The fraction of sp³-hybridized carbons (Fsp3) is 0.333. The molecule has 1 heterocycles. The van der Waals surface area contributed by atoms with Gasteiger partial charge in [0.2, 0.25) is 0 Å². The Bertz CT molecular complexity index is 598. The second-order valence-corrected chi connectivity index (χ2v) is 5.07. The maximum Gasteiger partial charge on any atom is 0.136 e. The van der Waals surface area contributed by atoms with Crippen LogP contribution in [0.3, 0.4) is 0 Å². The van der Waals surface area contributed by atoms with Gasteiger partial charge in [-0.25, -0.2) is 9.97 Å². The first kappa shape index (κ1) is 14.6. The first-order valence-corrected chi connectivity index (χ1v) is 7.09. The minimum Gasteiger partial charge on any atom is -0.373 e. The van der Waals surface area contributed by atoms with E-state index in [2.05, 4.69) is 27.5 Å². The van der Waals surface area contributed by atoms with Crippen LogP contribution in [0.1, 0.15) is 24.7 Å². The van der Waals surface area contributed by atoms with Gasteiger partial charge in [-0.15, -0.1) is 0 Å². The molecule has 5 heteroatoms. The van der Waals surface area contributed by atoms with Crippen LogP contribution in [0.15, 0.2) is 24.3 Å². The molecule has 106 valence electrons. The van der Waals surface area contributed by atoms with Crippen LogP contribution in [0.5, 0.6) is 0 Å². The fourth-order valence-electron chi connectivity index (χ4n) is 1.88. The number of aromatic nitrogens is 2. The van der Waals surface area contributed by atoms with Crippen LogP contribution in [0.2, 0.25) is 5.02 Å². The average molecular weight is 291 g/mol. The maximum atomic E-state index is 6.23. The van der Waals surface area contributed by atoms with Crippen LogP contribution in [-0.2, 0) is 6.42 Å². The third-order valence-corrected chi connectivity index (χ3v) is 3.20. The quantitative estimate of drug-likeness (QED) is 0.867. The molecule has 0 saturated carbocycles. The molecule has 0 aliphatic rings. The van der Waals surface area contributed by atoms with Crippen molar-refractivity contribution in [2.75, 3.05) is 17.7 Å². The Morgan fingerprint density at radius 1 is 1.15 bits per heavy atom. The Balaban J connectivity index is 2.29. The molecular formula is C15H19ClN4. The molecule has 0 aliphatic carbocycles. The highest BCUT2D eigenvalue weighted by molar-refractivity contribution is 6.33. The first-order valence-electron chi connectivity index (χ1n) is 6.71. The van der Waals surface area contributed by atoms with Crippen molar-refractivity contribution in [2.45, 2.75) is 26.7 Å². The lowest BCUT2D eigenvalue weighted by Crippen LogP contribution is -2.04. The molecule has 4 nitrogen and oxygen atoms in total. The number of hydrogen-bond acceptors (Lipinski definition) is 4. The van der Waals surface area contributed by atoms with Gasteiger partial charge >= 0.3 is 0 Å². The number of anilines is 3. The number of benzene rings is 1. The standard InChI is InChI=1S/C15H19ClN4/c1-4-5-13-19-14(17-3)9-15(20-13)18-12-7-6-10(2)8-11(12)16/h6-9H,4-5H2,1-3H3,(H2,17,18,19,20). The van der Waals surface area contributed by atoms with Gasteiger partial charge in [0.15, 0.2) is 0 Å². The zero-order valence-electron chi connectivity index (χ0n) is 12.0. The highest BCUT2D eigenvalue weighted by Gasteiger charge is 2.06. The Morgan fingerprint density at radius 3 is 2.55 bits per heavy atom. The van der Waals surface area contributed by atoms with E-state index in [0.29, 0.717) is 5.02 Å². The van der Waals surface area contributed by atoms with E-state index in [1.807, 2.05) is 38.2 Å². The lowest BCUT2D eigenvalue weighted by atomic mass is 10.2. The van der Waals surface area contributed by atoms with Crippen molar-refractivity contribution in [2.24, 2.45) is 0 Å². The molecule has 2 N–H and O–H groups in total. The molecule has 2 aromatic rings. The molecule has 0 fully saturated rings. The summed E-state index contributed by atoms with van der Waals surface area (Å²) in [6, 6.07) is 7.77. The van der Waals surface area contributed by atoms with E-state index < -0.39 is 0 Å². The number of rotatable bonds is 5. The molecule has 0 unspecified atom stereocenters. The van der Waals surface area contributed by atoms with Crippen molar-refractivity contribution in [3.63, 3.8) is 0 Å². The number of hydrogen-bond donors (Lipinski definition) is 2. The highest BCUT2D eigenvalue weighted by atomic mass is 35.5. The van der Waals surface area contributed by atoms with Crippen LogP contribution in [-0.4, -0.2) is 17.0 Å². The van der Waals surface area contributed by atoms with Gasteiger partial charge in [0.05, 0.1) is 10.7 Å². The van der Waals surface area contributed by atoms with Crippen molar-refractivity contribution in [3.05, 3.63) is 40.7 Å². The molecule has 0 amide bonds. The van der Waals surface area contributed by atoms with Gasteiger partial charge < -0.3 is 10.6 Å². The number of nitrogens with one attached hydrogen (secondary N) is 2. The van der Waals surface area contributed by atoms with Crippen molar-refractivity contribution >= 4 is 28.9 Å². The summed E-state index contributed by atoms with van der Waals surface area (Å²) in [6.07, 6.45) is 1.86. The molecule has 20 heavy (non-hydrogen) atoms. The van der Waals surface area contributed by atoms with E-state index in [1.165, 1.54) is 0 Å². The van der Waals surface area contributed by atoms with Gasteiger partial charge in [-0.2, -0.15) is 0 Å². The predicted molar refractivity (Wildman–Crippen MR) is 85.0 cm³/mol. The summed E-state index contributed by atoms with van der Waals surface area (Å²) in [6.45, 7) is 4.12. The predicted octanol–water partition coefficient (Wildman–Crippen LogP) is 4.18. The molecule has 1 aromatic heterocycles. The zero-order chi connectivity index (χ0) is 14.5. The summed E-state index contributed by atoms with van der Waals surface area (Å²) in [4.78, 5) is 8.93. The minimum atomic E-state index is 0.687. The van der Waals surface area contributed by atoms with Gasteiger partial charge in [0.25, 0.3) is 0 Å². The third kappa shape index (κ3) is 3.61. The number of aryl methyl sites for hydroxylation is 2. The third-order valence-electron chi connectivity index (χ3n) is 2.89. The van der Waals surface area contributed by atoms with E-state index in [-0.39, 0.29) is 0 Å². The molecule has 1 aromatic carbocycles. The molecule has 0 spiro atoms. The lowest BCUT2D eigenvalue weighted by Gasteiger charge is -2.11. The van der Waals surface area contributed by atoms with Crippen molar-refractivity contribution < 1.29 is 0 Å². The summed E-state index contributed by atoms with van der Waals surface area (Å²) in [7, 11) is 1.85. The van der Waals surface area contributed by atoms with Crippen LogP contribution in [0.25, 0.3) is 0 Å². The average Bonchev–Trinajstić information content (AvgIpc) is 2.42. The Morgan fingerprint density at radius 2 is 1.90 bits per heavy atom. The SMILES string of the molecule is CCCc1nc(NC)cc(Nc2ccc(C)cc2Cl)n1. The zero-order valence-corrected chi connectivity index (χ0v) is 12.8. The van der Waals surface area contributed by atoms with Crippen LogP contribution in [0.4, 0.5) is 17.3 Å². The Kier molecular flexibility index (Phi) is 4.79. The number of halogens is 1.